The minimum absolute atomic E-state index is 0.0209. The molecule has 1 amide bonds. The summed E-state index contributed by atoms with van der Waals surface area (Å²) in [7, 11) is 0. The van der Waals surface area contributed by atoms with E-state index in [4.69, 9.17) is 0 Å². The second-order valence-corrected chi connectivity index (χ2v) is 4.76. The van der Waals surface area contributed by atoms with Gasteiger partial charge < -0.3 is 10.4 Å². The molecule has 0 radical (unpaired) electrons. The largest absolute Gasteiger partial charge is 0.480 e. The molecular formula is C13H15FN2O3. The van der Waals surface area contributed by atoms with Crippen LogP contribution in [0.15, 0.2) is 18.3 Å². The molecule has 19 heavy (non-hydrogen) atoms. The average Bonchev–Trinajstić information content (AvgIpc) is 2.40. The van der Waals surface area contributed by atoms with Gasteiger partial charge in [0.1, 0.15) is 17.1 Å². The standard InChI is InChI=1S/C13H15FN2O3/c14-9-4-5-10(15-8-9)11(17)16-13(12(18)19)6-2-1-3-7-13/h4-5,8H,1-3,6-7H2,(H,16,17)(H,18,19). The molecule has 2 N–H and O–H groups in total. The van der Waals surface area contributed by atoms with E-state index in [2.05, 4.69) is 10.3 Å². The summed E-state index contributed by atoms with van der Waals surface area (Å²) in [6.45, 7) is 0. The summed E-state index contributed by atoms with van der Waals surface area (Å²) >= 11 is 0. The lowest BCUT2D eigenvalue weighted by Gasteiger charge is -2.33. The first-order valence-electron chi connectivity index (χ1n) is 6.21. The van der Waals surface area contributed by atoms with Gasteiger partial charge in [0, 0.05) is 0 Å². The van der Waals surface area contributed by atoms with E-state index in [-0.39, 0.29) is 5.69 Å². The molecule has 0 spiro atoms. The van der Waals surface area contributed by atoms with E-state index < -0.39 is 23.2 Å². The molecule has 1 aromatic heterocycles. The van der Waals surface area contributed by atoms with Crippen molar-refractivity contribution in [3.05, 3.63) is 29.8 Å². The molecule has 0 aliphatic heterocycles. The number of carboxylic acids is 1. The number of hydrogen-bond donors (Lipinski definition) is 2. The topological polar surface area (TPSA) is 79.3 Å². The van der Waals surface area contributed by atoms with Gasteiger partial charge in [0.25, 0.3) is 5.91 Å². The molecule has 102 valence electrons. The SMILES string of the molecule is O=C(NC1(C(=O)O)CCCCC1)c1ccc(F)cn1. The summed E-state index contributed by atoms with van der Waals surface area (Å²) in [5.74, 6) is -2.14. The lowest BCUT2D eigenvalue weighted by Crippen LogP contribution is -2.55. The number of carboxylic acid groups (broad SMARTS) is 1. The van der Waals surface area contributed by atoms with Crippen molar-refractivity contribution in [2.24, 2.45) is 0 Å². The quantitative estimate of drug-likeness (QED) is 0.873. The Bertz CT molecular complexity index is 481. The van der Waals surface area contributed by atoms with E-state index in [0.29, 0.717) is 12.8 Å². The molecule has 1 aliphatic rings. The number of hydrogen-bond acceptors (Lipinski definition) is 3. The zero-order chi connectivity index (χ0) is 13.9. The monoisotopic (exact) mass is 266 g/mol. The zero-order valence-electron chi connectivity index (χ0n) is 10.4. The number of nitrogens with zero attached hydrogens (tertiary/aromatic N) is 1. The molecule has 0 unspecified atom stereocenters. The molecule has 0 bridgehead atoms. The van der Waals surface area contributed by atoms with E-state index in [1.165, 1.54) is 6.07 Å². The van der Waals surface area contributed by atoms with E-state index in [1.54, 1.807) is 0 Å². The molecule has 2 rings (SSSR count). The highest BCUT2D eigenvalue weighted by Gasteiger charge is 2.41. The third-order valence-corrected chi connectivity index (χ3v) is 3.43. The second kappa shape index (κ2) is 5.34. The van der Waals surface area contributed by atoms with Crippen LogP contribution in [-0.2, 0) is 4.79 Å². The van der Waals surface area contributed by atoms with Crippen molar-refractivity contribution in [2.45, 2.75) is 37.6 Å². The summed E-state index contributed by atoms with van der Waals surface area (Å²) < 4.78 is 12.7. The predicted molar refractivity (Wildman–Crippen MR) is 65.1 cm³/mol. The molecule has 0 aromatic carbocycles. The van der Waals surface area contributed by atoms with Gasteiger partial charge in [-0.3, -0.25) is 4.79 Å². The minimum atomic E-state index is -1.22. The number of carbonyl (C=O) groups excluding carboxylic acids is 1. The van der Waals surface area contributed by atoms with E-state index >= 15 is 0 Å². The summed E-state index contributed by atoms with van der Waals surface area (Å²) in [6, 6.07) is 2.36. The number of aliphatic carboxylic acids is 1. The van der Waals surface area contributed by atoms with Crippen LogP contribution >= 0.6 is 0 Å². The van der Waals surface area contributed by atoms with Crippen LogP contribution < -0.4 is 5.32 Å². The Hall–Kier alpha value is -1.98. The van der Waals surface area contributed by atoms with Crippen LogP contribution in [0.2, 0.25) is 0 Å². The third-order valence-electron chi connectivity index (χ3n) is 3.43. The zero-order valence-corrected chi connectivity index (χ0v) is 10.4. The van der Waals surface area contributed by atoms with Gasteiger partial charge in [-0.05, 0) is 25.0 Å². The van der Waals surface area contributed by atoms with Crippen LogP contribution in [0.1, 0.15) is 42.6 Å². The molecule has 0 atom stereocenters. The maximum atomic E-state index is 12.7. The summed E-state index contributed by atoms with van der Waals surface area (Å²) in [5, 5.41) is 11.9. The van der Waals surface area contributed by atoms with E-state index in [9.17, 15) is 19.1 Å². The van der Waals surface area contributed by atoms with Gasteiger partial charge >= 0.3 is 5.97 Å². The van der Waals surface area contributed by atoms with Gasteiger partial charge in [-0.2, -0.15) is 0 Å². The minimum Gasteiger partial charge on any atom is -0.480 e. The fourth-order valence-corrected chi connectivity index (χ4v) is 2.34. The number of amides is 1. The fourth-order valence-electron chi connectivity index (χ4n) is 2.34. The molecular weight excluding hydrogens is 251 g/mol. The van der Waals surface area contributed by atoms with Crippen molar-refractivity contribution in [2.75, 3.05) is 0 Å². The molecule has 0 saturated heterocycles. The number of pyridine rings is 1. The normalized spacial score (nSPS) is 17.7. The molecule has 1 heterocycles. The molecule has 1 saturated carbocycles. The highest BCUT2D eigenvalue weighted by Crippen LogP contribution is 2.28. The predicted octanol–water partition coefficient (Wildman–Crippen LogP) is 1.74. The molecule has 6 heteroatoms. The van der Waals surface area contributed by atoms with Gasteiger partial charge in [-0.15, -0.1) is 0 Å². The lowest BCUT2D eigenvalue weighted by molar-refractivity contribution is -0.145. The van der Waals surface area contributed by atoms with Crippen LogP contribution in [0.3, 0.4) is 0 Å². The van der Waals surface area contributed by atoms with Gasteiger partial charge in [0.2, 0.25) is 0 Å². The van der Waals surface area contributed by atoms with Crippen molar-refractivity contribution in [1.29, 1.82) is 0 Å². The van der Waals surface area contributed by atoms with Crippen LogP contribution in [0, 0.1) is 5.82 Å². The average molecular weight is 266 g/mol. The molecule has 5 nitrogen and oxygen atoms in total. The van der Waals surface area contributed by atoms with Gasteiger partial charge in [-0.25, -0.2) is 14.2 Å². The second-order valence-electron chi connectivity index (χ2n) is 4.76. The highest BCUT2D eigenvalue weighted by molar-refractivity contribution is 5.96. The Labute approximate surface area is 109 Å². The Morgan fingerprint density at radius 3 is 2.47 bits per heavy atom. The number of rotatable bonds is 3. The Kier molecular flexibility index (Phi) is 3.78. The van der Waals surface area contributed by atoms with Gasteiger partial charge in [0.05, 0.1) is 6.20 Å². The Balaban J connectivity index is 2.15. The number of carbonyl (C=O) groups is 2. The first-order valence-corrected chi connectivity index (χ1v) is 6.21. The number of aromatic nitrogens is 1. The van der Waals surface area contributed by atoms with Crippen LogP contribution in [-0.4, -0.2) is 27.5 Å². The number of nitrogens with one attached hydrogen (secondary N) is 1. The maximum Gasteiger partial charge on any atom is 0.329 e. The third kappa shape index (κ3) is 2.89. The van der Waals surface area contributed by atoms with Crippen LogP contribution in [0.25, 0.3) is 0 Å². The first kappa shape index (κ1) is 13.5. The first-order chi connectivity index (χ1) is 9.03. The van der Waals surface area contributed by atoms with Crippen LogP contribution in [0.5, 0.6) is 0 Å². The van der Waals surface area contributed by atoms with Crippen molar-refractivity contribution < 1.29 is 19.1 Å². The van der Waals surface area contributed by atoms with Crippen molar-refractivity contribution >= 4 is 11.9 Å². The maximum absolute atomic E-state index is 12.7. The molecule has 1 fully saturated rings. The van der Waals surface area contributed by atoms with E-state index in [1.807, 2.05) is 0 Å². The van der Waals surface area contributed by atoms with E-state index in [0.717, 1.165) is 31.5 Å². The lowest BCUT2D eigenvalue weighted by atomic mass is 9.81. The van der Waals surface area contributed by atoms with Crippen molar-refractivity contribution in [1.82, 2.24) is 10.3 Å². The van der Waals surface area contributed by atoms with Crippen molar-refractivity contribution in [3.63, 3.8) is 0 Å². The number of halogens is 1. The van der Waals surface area contributed by atoms with Crippen molar-refractivity contribution in [3.8, 4) is 0 Å². The highest BCUT2D eigenvalue weighted by atomic mass is 19.1. The Morgan fingerprint density at radius 1 is 1.26 bits per heavy atom. The molecule has 1 aliphatic carbocycles. The van der Waals surface area contributed by atoms with Gasteiger partial charge in [0.15, 0.2) is 0 Å². The Morgan fingerprint density at radius 2 is 1.95 bits per heavy atom. The van der Waals surface area contributed by atoms with Crippen LogP contribution in [0.4, 0.5) is 4.39 Å². The van der Waals surface area contributed by atoms with Gasteiger partial charge in [-0.1, -0.05) is 19.3 Å². The fraction of sp³-hybridized carbons (Fsp3) is 0.462. The smallest absolute Gasteiger partial charge is 0.329 e. The summed E-state index contributed by atoms with van der Waals surface area (Å²) in [5.41, 5.74) is -1.20. The summed E-state index contributed by atoms with van der Waals surface area (Å²) in [4.78, 5) is 27.0. The molecule has 1 aromatic rings. The summed E-state index contributed by atoms with van der Waals surface area (Å²) in [6.07, 6.45) is 4.26.